The fraction of sp³-hybridized carbons (Fsp3) is 0.538. The van der Waals surface area contributed by atoms with Crippen LogP contribution in [-0.2, 0) is 6.54 Å². The van der Waals surface area contributed by atoms with Crippen molar-refractivity contribution in [3.63, 3.8) is 0 Å². The summed E-state index contributed by atoms with van der Waals surface area (Å²) >= 11 is 0. The van der Waals surface area contributed by atoms with Crippen molar-refractivity contribution in [1.29, 1.82) is 0 Å². The van der Waals surface area contributed by atoms with Gasteiger partial charge in [0.05, 0.1) is 0 Å². The van der Waals surface area contributed by atoms with Crippen LogP contribution in [-0.4, -0.2) is 36.9 Å². The second kappa shape index (κ2) is 5.79. The van der Waals surface area contributed by atoms with Gasteiger partial charge in [-0.25, -0.2) is 0 Å². The Balaban J connectivity index is 2.07. The van der Waals surface area contributed by atoms with E-state index >= 15 is 0 Å². The molecule has 1 N–H and O–H groups in total. The molecule has 2 rings (SSSR count). The van der Waals surface area contributed by atoms with Gasteiger partial charge in [-0.2, -0.15) is 0 Å². The molecule has 1 saturated heterocycles. The van der Waals surface area contributed by atoms with Crippen molar-refractivity contribution in [2.45, 2.75) is 25.9 Å². The Kier molecular flexibility index (Phi) is 4.31. The molecule has 1 heterocycles. The molecule has 3 nitrogen and oxygen atoms in total. The molecule has 0 spiro atoms. The number of para-hydroxylation sites is 1. The SMILES string of the molecule is CC1CN(Cc2ccccc2OC(F)(F)F)CCN1. The highest BCUT2D eigenvalue weighted by Gasteiger charge is 2.32. The molecule has 1 aliphatic rings. The van der Waals surface area contributed by atoms with Gasteiger partial charge < -0.3 is 10.1 Å². The van der Waals surface area contributed by atoms with Gasteiger partial charge in [0.15, 0.2) is 0 Å². The van der Waals surface area contributed by atoms with Crippen LogP contribution >= 0.6 is 0 Å². The van der Waals surface area contributed by atoms with Crippen LogP contribution < -0.4 is 10.1 Å². The third kappa shape index (κ3) is 4.40. The number of piperazine rings is 1. The number of halogens is 3. The van der Waals surface area contributed by atoms with Gasteiger partial charge in [-0.1, -0.05) is 18.2 Å². The molecule has 0 aliphatic carbocycles. The van der Waals surface area contributed by atoms with E-state index in [4.69, 9.17) is 0 Å². The van der Waals surface area contributed by atoms with Crippen LogP contribution in [0.2, 0.25) is 0 Å². The predicted molar refractivity (Wildman–Crippen MR) is 65.9 cm³/mol. The lowest BCUT2D eigenvalue weighted by atomic mass is 10.1. The average molecular weight is 274 g/mol. The maximum atomic E-state index is 12.3. The van der Waals surface area contributed by atoms with Crippen molar-refractivity contribution in [2.75, 3.05) is 19.6 Å². The first-order chi connectivity index (χ1) is 8.94. The third-order valence-electron chi connectivity index (χ3n) is 3.05. The summed E-state index contributed by atoms with van der Waals surface area (Å²) in [6.45, 7) is 5.02. The molecule has 1 atom stereocenters. The molecule has 106 valence electrons. The van der Waals surface area contributed by atoms with E-state index in [1.165, 1.54) is 6.07 Å². The van der Waals surface area contributed by atoms with Crippen LogP contribution in [0.3, 0.4) is 0 Å². The summed E-state index contributed by atoms with van der Waals surface area (Å²) in [5.74, 6) is -0.110. The Bertz CT molecular complexity index is 423. The fourth-order valence-corrected chi connectivity index (χ4v) is 2.26. The number of hydrogen-bond donors (Lipinski definition) is 1. The topological polar surface area (TPSA) is 24.5 Å². The van der Waals surface area contributed by atoms with Gasteiger partial charge in [-0.05, 0) is 13.0 Å². The van der Waals surface area contributed by atoms with Gasteiger partial charge >= 0.3 is 6.36 Å². The number of ether oxygens (including phenoxy) is 1. The quantitative estimate of drug-likeness (QED) is 0.916. The van der Waals surface area contributed by atoms with Crippen molar-refractivity contribution in [3.8, 4) is 5.75 Å². The highest BCUT2D eigenvalue weighted by molar-refractivity contribution is 5.33. The first-order valence-corrected chi connectivity index (χ1v) is 6.23. The standard InChI is InChI=1S/C13H17F3N2O/c1-10-8-18(7-6-17-10)9-11-4-2-3-5-12(11)19-13(14,15)16/h2-5,10,17H,6-9H2,1H3. The van der Waals surface area contributed by atoms with Crippen LogP contribution in [0.25, 0.3) is 0 Å². The fourth-order valence-electron chi connectivity index (χ4n) is 2.26. The van der Waals surface area contributed by atoms with E-state index in [2.05, 4.69) is 21.9 Å². The zero-order valence-electron chi connectivity index (χ0n) is 10.7. The van der Waals surface area contributed by atoms with Gasteiger partial charge in [0.25, 0.3) is 0 Å². The van der Waals surface area contributed by atoms with Crippen molar-refractivity contribution in [2.24, 2.45) is 0 Å². The predicted octanol–water partition coefficient (Wildman–Crippen LogP) is 2.38. The summed E-state index contributed by atoms with van der Waals surface area (Å²) in [6, 6.07) is 6.65. The summed E-state index contributed by atoms with van der Waals surface area (Å²) < 4.78 is 41.0. The van der Waals surface area contributed by atoms with E-state index in [1.54, 1.807) is 18.2 Å². The van der Waals surface area contributed by atoms with Crippen molar-refractivity contribution < 1.29 is 17.9 Å². The molecule has 0 aromatic heterocycles. The van der Waals surface area contributed by atoms with Gasteiger partial charge in [0.2, 0.25) is 0 Å². The van der Waals surface area contributed by atoms with Crippen LogP contribution in [0.4, 0.5) is 13.2 Å². The summed E-state index contributed by atoms with van der Waals surface area (Å²) in [5.41, 5.74) is 0.564. The number of hydrogen-bond acceptors (Lipinski definition) is 3. The minimum atomic E-state index is -4.65. The highest BCUT2D eigenvalue weighted by Crippen LogP contribution is 2.27. The Morgan fingerprint density at radius 3 is 2.79 bits per heavy atom. The Morgan fingerprint density at radius 2 is 2.11 bits per heavy atom. The lowest BCUT2D eigenvalue weighted by molar-refractivity contribution is -0.275. The summed E-state index contributed by atoms with van der Waals surface area (Å²) in [6.07, 6.45) is -4.65. The van der Waals surface area contributed by atoms with Crippen LogP contribution in [0.1, 0.15) is 12.5 Å². The first-order valence-electron chi connectivity index (χ1n) is 6.23. The second-order valence-corrected chi connectivity index (χ2v) is 4.75. The van der Waals surface area contributed by atoms with Crippen LogP contribution in [0.15, 0.2) is 24.3 Å². The largest absolute Gasteiger partial charge is 0.573 e. The minimum absolute atomic E-state index is 0.110. The van der Waals surface area contributed by atoms with Crippen LogP contribution in [0.5, 0.6) is 5.75 Å². The molecule has 1 unspecified atom stereocenters. The highest BCUT2D eigenvalue weighted by atomic mass is 19.4. The second-order valence-electron chi connectivity index (χ2n) is 4.75. The number of nitrogens with one attached hydrogen (secondary N) is 1. The summed E-state index contributed by atoms with van der Waals surface area (Å²) in [7, 11) is 0. The number of alkyl halides is 3. The van der Waals surface area contributed by atoms with Gasteiger partial charge in [0, 0.05) is 37.8 Å². The van der Waals surface area contributed by atoms with Gasteiger partial charge in [0.1, 0.15) is 5.75 Å². The molecule has 0 radical (unpaired) electrons. The molecule has 0 bridgehead atoms. The van der Waals surface area contributed by atoms with Crippen molar-refractivity contribution in [3.05, 3.63) is 29.8 Å². The van der Waals surface area contributed by atoms with E-state index in [0.29, 0.717) is 18.2 Å². The maximum absolute atomic E-state index is 12.3. The number of benzene rings is 1. The lowest BCUT2D eigenvalue weighted by Crippen LogP contribution is -2.48. The normalized spacial score (nSPS) is 21.4. The monoisotopic (exact) mass is 274 g/mol. The smallest absolute Gasteiger partial charge is 0.405 e. The molecule has 1 aliphatic heterocycles. The van der Waals surface area contributed by atoms with Crippen molar-refractivity contribution in [1.82, 2.24) is 10.2 Å². The molecule has 0 amide bonds. The molecule has 19 heavy (non-hydrogen) atoms. The first kappa shape index (κ1) is 14.1. The Hall–Kier alpha value is -1.27. The maximum Gasteiger partial charge on any atom is 0.573 e. The number of nitrogens with zero attached hydrogens (tertiary/aromatic N) is 1. The molecule has 1 aromatic rings. The van der Waals surface area contributed by atoms with E-state index in [9.17, 15) is 13.2 Å². The average Bonchev–Trinajstić information content (AvgIpc) is 2.30. The van der Waals surface area contributed by atoms with Crippen molar-refractivity contribution >= 4 is 0 Å². The molecule has 1 aromatic carbocycles. The molecule has 1 fully saturated rings. The van der Waals surface area contributed by atoms with E-state index in [0.717, 1.165) is 19.6 Å². The van der Waals surface area contributed by atoms with Crippen LogP contribution in [0, 0.1) is 0 Å². The van der Waals surface area contributed by atoms with E-state index in [-0.39, 0.29) is 5.75 Å². The molecule has 6 heteroatoms. The summed E-state index contributed by atoms with van der Waals surface area (Å²) in [4.78, 5) is 2.12. The molecular weight excluding hydrogens is 257 g/mol. The third-order valence-corrected chi connectivity index (χ3v) is 3.05. The number of rotatable bonds is 3. The Labute approximate surface area is 110 Å². The van der Waals surface area contributed by atoms with E-state index in [1.807, 2.05) is 0 Å². The molecule has 0 saturated carbocycles. The van der Waals surface area contributed by atoms with Gasteiger partial charge in [-0.3, -0.25) is 4.90 Å². The zero-order valence-corrected chi connectivity index (χ0v) is 10.7. The van der Waals surface area contributed by atoms with E-state index < -0.39 is 6.36 Å². The van der Waals surface area contributed by atoms with Gasteiger partial charge in [-0.15, -0.1) is 13.2 Å². The minimum Gasteiger partial charge on any atom is -0.405 e. The molecular formula is C13H17F3N2O. The zero-order chi connectivity index (χ0) is 13.9. The Morgan fingerprint density at radius 1 is 1.37 bits per heavy atom. The summed E-state index contributed by atoms with van der Waals surface area (Å²) in [5, 5.41) is 3.30. The lowest BCUT2D eigenvalue weighted by Gasteiger charge is -2.32.